The normalized spacial score (nSPS) is 10.3. The Kier molecular flexibility index (Phi) is 2.43. The Labute approximate surface area is 64.1 Å². The van der Waals surface area contributed by atoms with Crippen LogP contribution < -0.4 is 4.74 Å². The van der Waals surface area contributed by atoms with E-state index in [1.807, 2.05) is 0 Å². The molecule has 0 bridgehead atoms. The Morgan fingerprint density at radius 2 is 2.55 bits per heavy atom. The van der Waals surface area contributed by atoms with Crippen LogP contribution in [-0.4, -0.2) is 23.5 Å². The fraction of sp³-hybridized carbons (Fsp3) is 0.143. The number of rotatable bonds is 2. The second-order valence-corrected chi connectivity index (χ2v) is 1.87. The average Bonchev–Trinajstić information content (AvgIpc) is 2.06. The standard InChI is InChI=1S/C7H8N2O2/c1-11-7-2-3-8-6(4-7)5-9-10/h2-5,10H,1H3/b9-5+. The Morgan fingerprint density at radius 3 is 3.18 bits per heavy atom. The third kappa shape index (κ3) is 1.93. The van der Waals surface area contributed by atoms with Crippen LogP contribution in [0.3, 0.4) is 0 Å². The summed E-state index contributed by atoms with van der Waals surface area (Å²) in [4.78, 5) is 3.89. The lowest BCUT2D eigenvalue weighted by molar-refractivity contribution is 0.321. The second kappa shape index (κ2) is 3.55. The predicted molar refractivity (Wildman–Crippen MR) is 40.2 cm³/mol. The van der Waals surface area contributed by atoms with Gasteiger partial charge in [0.2, 0.25) is 0 Å². The van der Waals surface area contributed by atoms with Crippen molar-refractivity contribution >= 4 is 6.21 Å². The van der Waals surface area contributed by atoms with Gasteiger partial charge in [-0.1, -0.05) is 5.16 Å². The first-order valence-electron chi connectivity index (χ1n) is 3.04. The fourth-order valence-corrected chi connectivity index (χ4v) is 0.685. The van der Waals surface area contributed by atoms with Crippen LogP contribution in [0.15, 0.2) is 23.5 Å². The van der Waals surface area contributed by atoms with Gasteiger partial charge in [-0.25, -0.2) is 0 Å². The molecule has 0 aliphatic rings. The maximum absolute atomic E-state index is 8.17. The Bertz CT molecular complexity index is 260. The molecule has 4 heteroatoms. The van der Waals surface area contributed by atoms with Crippen molar-refractivity contribution < 1.29 is 9.94 Å². The monoisotopic (exact) mass is 152 g/mol. The fourth-order valence-electron chi connectivity index (χ4n) is 0.685. The molecule has 1 N–H and O–H groups in total. The van der Waals surface area contributed by atoms with Crippen LogP contribution in [0.1, 0.15) is 5.69 Å². The molecule has 4 nitrogen and oxygen atoms in total. The van der Waals surface area contributed by atoms with Crippen LogP contribution in [0.2, 0.25) is 0 Å². The minimum Gasteiger partial charge on any atom is -0.497 e. The lowest BCUT2D eigenvalue weighted by Crippen LogP contribution is -1.89. The van der Waals surface area contributed by atoms with Crippen LogP contribution >= 0.6 is 0 Å². The molecular weight excluding hydrogens is 144 g/mol. The van der Waals surface area contributed by atoms with E-state index in [0.29, 0.717) is 11.4 Å². The summed E-state index contributed by atoms with van der Waals surface area (Å²) in [7, 11) is 1.56. The number of aromatic nitrogens is 1. The molecule has 0 radical (unpaired) electrons. The van der Waals surface area contributed by atoms with Gasteiger partial charge in [0.25, 0.3) is 0 Å². The van der Waals surface area contributed by atoms with E-state index in [-0.39, 0.29) is 0 Å². The molecule has 0 unspecified atom stereocenters. The Hall–Kier alpha value is -1.58. The van der Waals surface area contributed by atoms with Crippen LogP contribution in [0.4, 0.5) is 0 Å². The summed E-state index contributed by atoms with van der Waals surface area (Å²) in [6.07, 6.45) is 2.82. The molecule has 11 heavy (non-hydrogen) atoms. The van der Waals surface area contributed by atoms with Gasteiger partial charge in [0, 0.05) is 12.3 Å². The zero-order chi connectivity index (χ0) is 8.10. The highest BCUT2D eigenvalue weighted by Crippen LogP contribution is 2.07. The van der Waals surface area contributed by atoms with Gasteiger partial charge in [0.15, 0.2) is 0 Å². The zero-order valence-corrected chi connectivity index (χ0v) is 6.06. The van der Waals surface area contributed by atoms with Crippen LogP contribution in [0.5, 0.6) is 5.75 Å². The number of ether oxygens (including phenoxy) is 1. The van der Waals surface area contributed by atoms with Gasteiger partial charge in [0.1, 0.15) is 5.75 Å². The van der Waals surface area contributed by atoms with E-state index >= 15 is 0 Å². The van der Waals surface area contributed by atoms with Crippen molar-refractivity contribution in [3.8, 4) is 5.75 Å². The smallest absolute Gasteiger partial charge is 0.122 e. The van der Waals surface area contributed by atoms with E-state index in [1.165, 1.54) is 6.21 Å². The first-order valence-corrected chi connectivity index (χ1v) is 3.04. The maximum atomic E-state index is 8.17. The van der Waals surface area contributed by atoms with Crippen LogP contribution in [0.25, 0.3) is 0 Å². The van der Waals surface area contributed by atoms with Gasteiger partial charge < -0.3 is 9.94 Å². The number of methoxy groups -OCH3 is 1. The number of nitrogens with zero attached hydrogens (tertiary/aromatic N) is 2. The summed E-state index contributed by atoms with van der Waals surface area (Å²) in [5.41, 5.74) is 0.562. The maximum Gasteiger partial charge on any atom is 0.122 e. The van der Waals surface area contributed by atoms with E-state index < -0.39 is 0 Å². The summed E-state index contributed by atoms with van der Waals surface area (Å²) in [5.74, 6) is 0.690. The van der Waals surface area contributed by atoms with Gasteiger partial charge in [0.05, 0.1) is 19.0 Å². The number of oxime groups is 1. The van der Waals surface area contributed by atoms with E-state index in [9.17, 15) is 0 Å². The van der Waals surface area contributed by atoms with Crippen LogP contribution in [0, 0.1) is 0 Å². The first-order chi connectivity index (χ1) is 5.36. The van der Waals surface area contributed by atoms with Gasteiger partial charge in [-0.2, -0.15) is 0 Å². The van der Waals surface area contributed by atoms with Crippen molar-refractivity contribution in [2.45, 2.75) is 0 Å². The molecule has 1 rings (SSSR count). The summed E-state index contributed by atoms with van der Waals surface area (Å²) in [6, 6.07) is 3.38. The lowest BCUT2D eigenvalue weighted by atomic mass is 10.3. The second-order valence-electron chi connectivity index (χ2n) is 1.87. The number of hydrogen-bond donors (Lipinski definition) is 1. The molecule has 0 atom stereocenters. The summed E-state index contributed by atoms with van der Waals surface area (Å²) in [5, 5.41) is 11.0. The average molecular weight is 152 g/mol. The van der Waals surface area contributed by atoms with E-state index in [1.54, 1.807) is 25.4 Å². The minimum absolute atomic E-state index is 0.562. The minimum atomic E-state index is 0.562. The highest BCUT2D eigenvalue weighted by molar-refractivity contribution is 5.76. The van der Waals surface area contributed by atoms with Gasteiger partial charge in [-0.3, -0.25) is 4.98 Å². The molecule has 0 saturated heterocycles. The highest BCUT2D eigenvalue weighted by atomic mass is 16.5. The summed E-state index contributed by atoms with van der Waals surface area (Å²) >= 11 is 0. The molecule has 1 aromatic heterocycles. The topological polar surface area (TPSA) is 54.7 Å². The molecule has 0 aliphatic heterocycles. The van der Waals surface area contributed by atoms with Crippen molar-refractivity contribution in [3.63, 3.8) is 0 Å². The number of hydrogen-bond acceptors (Lipinski definition) is 4. The van der Waals surface area contributed by atoms with E-state index in [2.05, 4.69) is 10.1 Å². The van der Waals surface area contributed by atoms with Gasteiger partial charge >= 0.3 is 0 Å². The first kappa shape index (κ1) is 7.53. The molecule has 1 heterocycles. The zero-order valence-electron chi connectivity index (χ0n) is 6.06. The Morgan fingerprint density at radius 1 is 1.73 bits per heavy atom. The van der Waals surface area contributed by atoms with Crippen molar-refractivity contribution in [1.82, 2.24) is 4.98 Å². The molecule has 0 fully saturated rings. The van der Waals surface area contributed by atoms with E-state index in [4.69, 9.17) is 9.94 Å². The molecule has 0 aliphatic carbocycles. The molecule has 0 saturated carbocycles. The SMILES string of the molecule is COc1ccnc(/C=N/O)c1. The summed E-state index contributed by atoms with van der Waals surface area (Å²) < 4.78 is 4.92. The van der Waals surface area contributed by atoms with Crippen molar-refractivity contribution in [3.05, 3.63) is 24.0 Å². The molecule has 0 spiro atoms. The Balaban J connectivity index is 2.91. The number of pyridine rings is 1. The van der Waals surface area contributed by atoms with Crippen LogP contribution in [-0.2, 0) is 0 Å². The largest absolute Gasteiger partial charge is 0.497 e. The quantitative estimate of drug-likeness (QED) is 0.389. The van der Waals surface area contributed by atoms with Crippen molar-refractivity contribution in [2.75, 3.05) is 7.11 Å². The highest BCUT2D eigenvalue weighted by Gasteiger charge is 1.92. The lowest BCUT2D eigenvalue weighted by Gasteiger charge is -1.97. The third-order valence-corrected chi connectivity index (χ3v) is 1.18. The van der Waals surface area contributed by atoms with Crippen molar-refractivity contribution in [1.29, 1.82) is 0 Å². The van der Waals surface area contributed by atoms with Gasteiger partial charge in [-0.15, -0.1) is 0 Å². The van der Waals surface area contributed by atoms with E-state index in [0.717, 1.165) is 0 Å². The summed E-state index contributed by atoms with van der Waals surface area (Å²) in [6.45, 7) is 0. The molecule has 0 aromatic carbocycles. The molecule has 0 amide bonds. The van der Waals surface area contributed by atoms with Crippen molar-refractivity contribution in [2.24, 2.45) is 5.16 Å². The molecule has 1 aromatic rings. The molecule has 58 valence electrons. The molecular formula is C7H8N2O2. The third-order valence-electron chi connectivity index (χ3n) is 1.18. The predicted octanol–water partition coefficient (Wildman–Crippen LogP) is 0.898. The van der Waals surface area contributed by atoms with Gasteiger partial charge in [-0.05, 0) is 6.07 Å².